The van der Waals surface area contributed by atoms with Gasteiger partial charge in [0.2, 0.25) is 5.91 Å². The molecule has 1 amide bonds. The Morgan fingerprint density at radius 2 is 1.89 bits per heavy atom. The van der Waals surface area contributed by atoms with E-state index in [1.807, 2.05) is 24.1 Å². The van der Waals surface area contributed by atoms with Crippen molar-refractivity contribution in [2.75, 3.05) is 17.3 Å². The number of aromatic nitrogens is 3. The Balaban J connectivity index is 1.60. The highest BCUT2D eigenvalue weighted by molar-refractivity contribution is 7.21. The van der Waals surface area contributed by atoms with E-state index in [-0.39, 0.29) is 0 Å². The minimum atomic E-state index is -0.500. The van der Waals surface area contributed by atoms with Gasteiger partial charge < -0.3 is 16.0 Å². The first kappa shape index (κ1) is 17.9. The number of benzene rings is 1. The summed E-state index contributed by atoms with van der Waals surface area (Å²) in [4.78, 5) is 27.6. The molecule has 8 heteroatoms. The number of nitrogens with zero attached hydrogens (tertiary/aromatic N) is 4. The molecule has 0 bridgehead atoms. The number of hydrogen-bond donors (Lipinski definition) is 2. The van der Waals surface area contributed by atoms with Crippen LogP contribution in [0.5, 0.6) is 0 Å². The maximum atomic E-state index is 11.3. The molecular weight excluding hydrogens is 372 g/mol. The van der Waals surface area contributed by atoms with Gasteiger partial charge in [-0.15, -0.1) is 0 Å². The highest BCUT2D eigenvalue weighted by Gasteiger charge is 2.11. The topological polar surface area (TPSA) is 97.0 Å². The molecule has 0 atom stereocenters. The van der Waals surface area contributed by atoms with E-state index < -0.39 is 5.91 Å². The van der Waals surface area contributed by atoms with Gasteiger partial charge >= 0.3 is 0 Å². The van der Waals surface area contributed by atoms with Gasteiger partial charge in [0.15, 0.2) is 5.13 Å². The average molecular weight is 390 g/mol. The lowest BCUT2D eigenvalue weighted by molar-refractivity contribution is 0.1000. The van der Waals surface area contributed by atoms with Crippen molar-refractivity contribution in [3.63, 3.8) is 0 Å². The SMILES string of the molecule is Cc1ccc(N(C)c2ccc3nc(Nc4cc(C(N)=O)ccn4)sc3n2)cc1. The van der Waals surface area contributed by atoms with Crippen LogP contribution >= 0.6 is 11.3 Å². The Labute approximate surface area is 165 Å². The van der Waals surface area contributed by atoms with Crippen molar-refractivity contribution in [2.45, 2.75) is 6.92 Å². The molecule has 0 aliphatic carbocycles. The van der Waals surface area contributed by atoms with Gasteiger partial charge in [-0.05, 0) is 43.3 Å². The highest BCUT2D eigenvalue weighted by atomic mass is 32.1. The Morgan fingerprint density at radius 3 is 2.64 bits per heavy atom. The van der Waals surface area contributed by atoms with Crippen LogP contribution in [-0.4, -0.2) is 27.9 Å². The summed E-state index contributed by atoms with van der Waals surface area (Å²) in [6, 6.07) is 15.3. The predicted molar refractivity (Wildman–Crippen MR) is 113 cm³/mol. The number of thiazole rings is 1. The quantitative estimate of drug-likeness (QED) is 0.534. The average Bonchev–Trinajstić information content (AvgIpc) is 3.09. The van der Waals surface area contributed by atoms with Gasteiger partial charge in [0.25, 0.3) is 0 Å². The summed E-state index contributed by atoms with van der Waals surface area (Å²) < 4.78 is 0. The van der Waals surface area contributed by atoms with Crippen molar-refractivity contribution < 1.29 is 4.79 Å². The number of carbonyl (C=O) groups excluding carboxylic acids is 1. The third-order valence-corrected chi connectivity index (χ3v) is 5.17. The van der Waals surface area contributed by atoms with Crippen molar-refractivity contribution in [2.24, 2.45) is 5.73 Å². The van der Waals surface area contributed by atoms with Crippen LogP contribution in [0.4, 0.5) is 22.5 Å². The molecule has 3 aromatic heterocycles. The van der Waals surface area contributed by atoms with Crippen LogP contribution < -0.4 is 16.0 Å². The van der Waals surface area contributed by atoms with Crippen LogP contribution in [0.3, 0.4) is 0 Å². The van der Waals surface area contributed by atoms with Gasteiger partial charge in [0, 0.05) is 24.5 Å². The number of carbonyl (C=O) groups is 1. The van der Waals surface area contributed by atoms with Crippen molar-refractivity contribution in [1.82, 2.24) is 15.0 Å². The van der Waals surface area contributed by atoms with Gasteiger partial charge in [-0.1, -0.05) is 29.0 Å². The summed E-state index contributed by atoms with van der Waals surface area (Å²) in [5, 5.41) is 3.76. The van der Waals surface area contributed by atoms with E-state index >= 15 is 0 Å². The van der Waals surface area contributed by atoms with Crippen LogP contribution in [0.15, 0.2) is 54.7 Å². The molecule has 0 spiro atoms. The molecule has 0 fully saturated rings. The summed E-state index contributed by atoms with van der Waals surface area (Å²) >= 11 is 1.42. The number of anilines is 4. The number of rotatable bonds is 5. The number of aryl methyl sites for hydroxylation is 1. The standard InChI is InChI=1S/C20H18N6OS/c1-12-3-5-14(6-4-12)26(2)17-8-7-15-19(25-17)28-20(23-15)24-16-11-13(18(21)27)9-10-22-16/h3-11H,1-2H3,(H2,21,27)(H,22,23,24). The fourth-order valence-electron chi connectivity index (χ4n) is 2.71. The lowest BCUT2D eigenvalue weighted by Crippen LogP contribution is -2.11. The van der Waals surface area contributed by atoms with Crippen LogP contribution in [-0.2, 0) is 0 Å². The Bertz CT molecular complexity index is 1160. The van der Waals surface area contributed by atoms with Crippen LogP contribution in [0, 0.1) is 6.92 Å². The molecule has 28 heavy (non-hydrogen) atoms. The monoisotopic (exact) mass is 390 g/mol. The lowest BCUT2D eigenvalue weighted by Gasteiger charge is -2.18. The van der Waals surface area contributed by atoms with Crippen molar-refractivity contribution >= 4 is 50.0 Å². The lowest BCUT2D eigenvalue weighted by atomic mass is 10.2. The zero-order valence-corrected chi connectivity index (χ0v) is 16.2. The van der Waals surface area contributed by atoms with Crippen LogP contribution in [0.1, 0.15) is 15.9 Å². The summed E-state index contributed by atoms with van der Waals surface area (Å²) in [5.41, 5.74) is 8.77. The van der Waals surface area contributed by atoms with E-state index in [2.05, 4.69) is 46.5 Å². The fraction of sp³-hybridized carbons (Fsp3) is 0.100. The van der Waals surface area contributed by atoms with E-state index in [0.29, 0.717) is 16.5 Å². The Morgan fingerprint density at radius 1 is 1.11 bits per heavy atom. The molecule has 4 aromatic rings. The zero-order valence-electron chi connectivity index (χ0n) is 15.4. The molecule has 3 N–H and O–H groups in total. The summed E-state index contributed by atoms with van der Waals surface area (Å²) in [6.45, 7) is 2.06. The molecule has 0 aliphatic heterocycles. The number of fused-ring (bicyclic) bond motifs is 1. The molecule has 0 unspecified atom stereocenters. The first-order valence-electron chi connectivity index (χ1n) is 8.60. The molecule has 3 heterocycles. The number of primary amides is 1. The van der Waals surface area contributed by atoms with Crippen molar-refractivity contribution in [3.8, 4) is 0 Å². The highest BCUT2D eigenvalue weighted by Crippen LogP contribution is 2.30. The largest absolute Gasteiger partial charge is 0.366 e. The molecule has 4 rings (SSSR count). The van der Waals surface area contributed by atoms with Crippen molar-refractivity contribution in [1.29, 1.82) is 0 Å². The number of pyridine rings is 2. The third-order valence-electron chi connectivity index (χ3n) is 4.29. The summed E-state index contributed by atoms with van der Waals surface area (Å²) in [6.07, 6.45) is 1.53. The molecule has 0 saturated heterocycles. The van der Waals surface area contributed by atoms with Gasteiger partial charge in [0.05, 0.1) is 0 Å². The van der Waals surface area contributed by atoms with E-state index in [4.69, 9.17) is 10.7 Å². The number of nitrogens with one attached hydrogen (secondary N) is 1. The second-order valence-electron chi connectivity index (χ2n) is 6.33. The predicted octanol–water partition coefficient (Wildman–Crippen LogP) is 4.01. The maximum Gasteiger partial charge on any atom is 0.248 e. The van der Waals surface area contributed by atoms with Crippen molar-refractivity contribution in [3.05, 3.63) is 65.9 Å². The first-order chi connectivity index (χ1) is 13.5. The molecule has 0 aliphatic rings. The zero-order chi connectivity index (χ0) is 19.7. The molecule has 7 nitrogen and oxygen atoms in total. The smallest absolute Gasteiger partial charge is 0.248 e. The van der Waals surface area contributed by atoms with Gasteiger partial charge in [0.1, 0.15) is 22.0 Å². The van der Waals surface area contributed by atoms with Crippen LogP contribution in [0.25, 0.3) is 10.3 Å². The molecule has 1 aromatic carbocycles. The summed E-state index contributed by atoms with van der Waals surface area (Å²) in [7, 11) is 1.98. The van der Waals surface area contributed by atoms with E-state index in [9.17, 15) is 4.79 Å². The second kappa shape index (κ2) is 7.24. The van der Waals surface area contributed by atoms with Gasteiger partial charge in [-0.25, -0.2) is 15.0 Å². The Hall–Kier alpha value is -3.52. The van der Waals surface area contributed by atoms with Crippen LogP contribution in [0.2, 0.25) is 0 Å². The minimum absolute atomic E-state index is 0.388. The second-order valence-corrected chi connectivity index (χ2v) is 7.30. The third kappa shape index (κ3) is 3.63. The Kier molecular flexibility index (Phi) is 4.62. The maximum absolute atomic E-state index is 11.3. The minimum Gasteiger partial charge on any atom is -0.366 e. The molecular formula is C20H18N6OS. The van der Waals surface area contributed by atoms with Gasteiger partial charge in [-0.3, -0.25) is 4.79 Å². The fourth-order valence-corrected chi connectivity index (χ4v) is 3.55. The molecule has 0 saturated carbocycles. The number of nitrogens with two attached hydrogens (primary N) is 1. The van der Waals surface area contributed by atoms with E-state index in [1.54, 1.807) is 12.1 Å². The van der Waals surface area contributed by atoms with Gasteiger partial charge in [-0.2, -0.15) is 0 Å². The first-order valence-corrected chi connectivity index (χ1v) is 9.42. The molecule has 0 radical (unpaired) electrons. The number of hydrogen-bond acceptors (Lipinski definition) is 7. The summed E-state index contributed by atoms with van der Waals surface area (Å²) in [5.74, 6) is 0.841. The van der Waals surface area contributed by atoms with E-state index in [1.165, 1.54) is 23.1 Å². The van der Waals surface area contributed by atoms with E-state index in [0.717, 1.165) is 21.9 Å². The number of amides is 1. The molecule has 140 valence electrons. The normalized spacial score (nSPS) is 10.8.